The average Bonchev–Trinajstić information content (AvgIpc) is 2.22. The fraction of sp³-hybridized carbons (Fsp3) is 0.538. The summed E-state index contributed by atoms with van der Waals surface area (Å²) in [6, 6.07) is 7.14. The van der Waals surface area contributed by atoms with Gasteiger partial charge in [0, 0.05) is 6.54 Å². The molecule has 1 aliphatic heterocycles. The van der Waals surface area contributed by atoms with Gasteiger partial charge in [-0.2, -0.15) is 0 Å². The minimum atomic E-state index is -0.0503. The number of hydrogen-bond donors (Lipinski definition) is 0. The smallest absolute Gasteiger partial charge is 0.126 e. The van der Waals surface area contributed by atoms with Crippen LogP contribution in [0.15, 0.2) is 24.3 Å². The SMILES string of the molecule is CN1CCCC(Cc2ccccc2F)C1. The molecule has 1 unspecified atom stereocenters. The molecule has 1 aliphatic rings. The molecule has 1 atom stereocenters. The third-order valence-electron chi connectivity index (χ3n) is 3.19. The second-order valence-electron chi connectivity index (χ2n) is 4.57. The van der Waals surface area contributed by atoms with E-state index in [9.17, 15) is 4.39 Å². The van der Waals surface area contributed by atoms with Gasteiger partial charge in [0.1, 0.15) is 5.82 Å². The number of nitrogens with zero attached hydrogens (tertiary/aromatic N) is 1. The minimum absolute atomic E-state index is 0.0503. The molecule has 0 aromatic heterocycles. The highest BCUT2D eigenvalue weighted by atomic mass is 19.1. The lowest BCUT2D eigenvalue weighted by atomic mass is 9.91. The molecule has 2 rings (SSSR count). The molecule has 1 fully saturated rings. The van der Waals surface area contributed by atoms with E-state index >= 15 is 0 Å². The highest BCUT2D eigenvalue weighted by Crippen LogP contribution is 2.21. The van der Waals surface area contributed by atoms with Gasteiger partial charge in [-0.25, -0.2) is 4.39 Å². The first-order valence-electron chi connectivity index (χ1n) is 5.67. The molecule has 1 heterocycles. The van der Waals surface area contributed by atoms with Crippen molar-refractivity contribution in [2.45, 2.75) is 19.3 Å². The van der Waals surface area contributed by atoms with Crippen LogP contribution in [0.1, 0.15) is 18.4 Å². The number of benzene rings is 1. The van der Waals surface area contributed by atoms with Crippen LogP contribution in [-0.2, 0) is 6.42 Å². The van der Waals surface area contributed by atoms with Crippen LogP contribution in [0.2, 0.25) is 0 Å². The molecule has 0 radical (unpaired) electrons. The molecule has 1 saturated heterocycles. The van der Waals surface area contributed by atoms with Gasteiger partial charge in [0.2, 0.25) is 0 Å². The summed E-state index contributed by atoms with van der Waals surface area (Å²) in [5.74, 6) is 0.575. The highest BCUT2D eigenvalue weighted by Gasteiger charge is 2.18. The van der Waals surface area contributed by atoms with Crippen molar-refractivity contribution in [3.8, 4) is 0 Å². The molecule has 0 spiro atoms. The van der Waals surface area contributed by atoms with E-state index in [1.54, 1.807) is 12.1 Å². The zero-order valence-electron chi connectivity index (χ0n) is 9.25. The van der Waals surface area contributed by atoms with Crippen molar-refractivity contribution < 1.29 is 4.39 Å². The summed E-state index contributed by atoms with van der Waals surface area (Å²) in [4.78, 5) is 2.34. The molecule has 0 amide bonds. The predicted molar refractivity (Wildman–Crippen MR) is 60.3 cm³/mol. The van der Waals surface area contributed by atoms with Crippen molar-refractivity contribution in [1.82, 2.24) is 4.90 Å². The number of likely N-dealkylation sites (tertiary alicyclic amines) is 1. The van der Waals surface area contributed by atoms with Crippen molar-refractivity contribution >= 4 is 0 Å². The number of hydrogen-bond acceptors (Lipinski definition) is 1. The zero-order chi connectivity index (χ0) is 10.7. The van der Waals surface area contributed by atoms with Gasteiger partial charge >= 0.3 is 0 Å². The van der Waals surface area contributed by atoms with Crippen molar-refractivity contribution in [2.24, 2.45) is 5.92 Å². The van der Waals surface area contributed by atoms with Crippen LogP contribution in [0.25, 0.3) is 0 Å². The Balaban J connectivity index is 1.99. The summed E-state index contributed by atoms with van der Waals surface area (Å²) in [5.41, 5.74) is 0.873. The molecular weight excluding hydrogens is 189 g/mol. The third kappa shape index (κ3) is 2.78. The van der Waals surface area contributed by atoms with Gasteiger partial charge in [-0.05, 0) is 50.4 Å². The Kier molecular flexibility index (Phi) is 3.37. The minimum Gasteiger partial charge on any atom is -0.306 e. The molecule has 15 heavy (non-hydrogen) atoms. The molecule has 82 valence electrons. The molecule has 2 heteroatoms. The standard InChI is InChI=1S/C13H18FN/c1-15-8-4-5-11(10-15)9-12-6-2-3-7-13(12)14/h2-3,6-7,11H,4-5,8-10H2,1H3. The molecule has 0 bridgehead atoms. The van der Waals surface area contributed by atoms with E-state index in [0.717, 1.165) is 18.5 Å². The molecule has 0 aliphatic carbocycles. The fourth-order valence-electron chi connectivity index (χ4n) is 2.41. The van der Waals surface area contributed by atoms with Crippen LogP contribution in [0.5, 0.6) is 0 Å². The maximum absolute atomic E-state index is 13.4. The Bertz CT molecular complexity index is 324. The van der Waals surface area contributed by atoms with Gasteiger partial charge in [-0.15, -0.1) is 0 Å². The monoisotopic (exact) mass is 207 g/mol. The lowest BCUT2D eigenvalue weighted by Crippen LogP contribution is -2.33. The molecule has 1 aromatic rings. The summed E-state index contributed by atoms with van der Waals surface area (Å²) in [5, 5.41) is 0. The van der Waals surface area contributed by atoms with Crippen LogP contribution in [0.4, 0.5) is 4.39 Å². The highest BCUT2D eigenvalue weighted by molar-refractivity contribution is 5.17. The topological polar surface area (TPSA) is 3.24 Å². The lowest BCUT2D eigenvalue weighted by molar-refractivity contribution is 0.208. The van der Waals surface area contributed by atoms with Gasteiger partial charge < -0.3 is 4.90 Å². The number of rotatable bonds is 2. The fourth-order valence-corrected chi connectivity index (χ4v) is 2.41. The largest absolute Gasteiger partial charge is 0.306 e. The number of piperidine rings is 1. The van der Waals surface area contributed by atoms with Gasteiger partial charge in [0.25, 0.3) is 0 Å². The van der Waals surface area contributed by atoms with Crippen LogP contribution in [0.3, 0.4) is 0 Å². The van der Waals surface area contributed by atoms with E-state index in [0.29, 0.717) is 5.92 Å². The third-order valence-corrected chi connectivity index (χ3v) is 3.19. The molecule has 1 nitrogen and oxygen atoms in total. The Morgan fingerprint density at radius 2 is 2.20 bits per heavy atom. The van der Waals surface area contributed by atoms with Crippen molar-refractivity contribution in [1.29, 1.82) is 0 Å². The maximum Gasteiger partial charge on any atom is 0.126 e. The molecular formula is C13H18FN. The van der Waals surface area contributed by atoms with E-state index in [1.807, 2.05) is 12.1 Å². The Morgan fingerprint density at radius 3 is 2.93 bits per heavy atom. The summed E-state index contributed by atoms with van der Waals surface area (Å²) >= 11 is 0. The lowest BCUT2D eigenvalue weighted by Gasteiger charge is -2.29. The van der Waals surface area contributed by atoms with Gasteiger partial charge in [0.15, 0.2) is 0 Å². The molecule has 0 N–H and O–H groups in total. The second kappa shape index (κ2) is 4.75. The Labute approximate surface area is 90.9 Å². The van der Waals surface area contributed by atoms with E-state index in [1.165, 1.54) is 19.4 Å². The van der Waals surface area contributed by atoms with Gasteiger partial charge in [-0.1, -0.05) is 18.2 Å². The summed E-state index contributed by atoms with van der Waals surface area (Å²) in [7, 11) is 2.15. The quantitative estimate of drug-likeness (QED) is 0.720. The van der Waals surface area contributed by atoms with Gasteiger partial charge in [0.05, 0.1) is 0 Å². The van der Waals surface area contributed by atoms with Crippen LogP contribution < -0.4 is 0 Å². The first kappa shape index (κ1) is 10.6. The van der Waals surface area contributed by atoms with E-state index in [-0.39, 0.29) is 5.82 Å². The second-order valence-corrected chi connectivity index (χ2v) is 4.57. The average molecular weight is 207 g/mol. The zero-order valence-corrected chi connectivity index (χ0v) is 9.25. The van der Waals surface area contributed by atoms with Gasteiger partial charge in [-0.3, -0.25) is 0 Å². The van der Waals surface area contributed by atoms with E-state index in [4.69, 9.17) is 0 Å². The van der Waals surface area contributed by atoms with Crippen LogP contribution >= 0.6 is 0 Å². The molecule has 1 aromatic carbocycles. The summed E-state index contributed by atoms with van der Waals surface area (Å²) in [6.45, 7) is 2.29. The first-order chi connectivity index (χ1) is 7.25. The Morgan fingerprint density at radius 1 is 1.40 bits per heavy atom. The summed E-state index contributed by atoms with van der Waals surface area (Å²) in [6.07, 6.45) is 3.37. The van der Waals surface area contributed by atoms with E-state index in [2.05, 4.69) is 11.9 Å². The van der Waals surface area contributed by atoms with Crippen molar-refractivity contribution in [3.05, 3.63) is 35.6 Å². The first-order valence-corrected chi connectivity index (χ1v) is 5.67. The molecule has 0 saturated carbocycles. The van der Waals surface area contributed by atoms with Crippen molar-refractivity contribution in [2.75, 3.05) is 20.1 Å². The predicted octanol–water partition coefficient (Wildman–Crippen LogP) is 2.71. The maximum atomic E-state index is 13.4. The van der Waals surface area contributed by atoms with Crippen molar-refractivity contribution in [3.63, 3.8) is 0 Å². The van der Waals surface area contributed by atoms with Crippen LogP contribution in [-0.4, -0.2) is 25.0 Å². The number of halogens is 1. The van der Waals surface area contributed by atoms with Crippen LogP contribution in [0, 0.1) is 11.7 Å². The summed E-state index contributed by atoms with van der Waals surface area (Å²) < 4.78 is 13.4. The Hall–Kier alpha value is -0.890. The normalized spacial score (nSPS) is 22.9. The van der Waals surface area contributed by atoms with E-state index < -0.39 is 0 Å².